The number of nitrogens with one attached hydrogen (secondary N) is 1. The van der Waals surface area contributed by atoms with Crippen LogP contribution in [0.5, 0.6) is 5.75 Å². The number of nitrogens with zero attached hydrogens (tertiary/aromatic N) is 1. The second kappa shape index (κ2) is 15.8. The van der Waals surface area contributed by atoms with Crippen molar-refractivity contribution in [1.29, 1.82) is 0 Å². The number of rotatable bonds is 14. The molecule has 1 N–H and O–H groups in total. The zero-order chi connectivity index (χ0) is 31.5. The summed E-state index contributed by atoms with van der Waals surface area (Å²) in [5, 5.41) is 2.62. The van der Waals surface area contributed by atoms with Gasteiger partial charge in [0, 0.05) is 31.6 Å². The van der Waals surface area contributed by atoms with E-state index in [1.165, 1.54) is 6.07 Å². The molecule has 0 aliphatic heterocycles. The van der Waals surface area contributed by atoms with Gasteiger partial charge in [0.2, 0.25) is 5.91 Å². The molecule has 4 rings (SSSR count). The number of amides is 1. The molecule has 4 nitrogen and oxygen atoms in total. The van der Waals surface area contributed by atoms with E-state index in [9.17, 15) is 18.0 Å². The van der Waals surface area contributed by atoms with Gasteiger partial charge in [-0.25, -0.2) is 0 Å². The smallest absolute Gasteiger partial charge is 0.417 e. The van der Waals surface area contributed by atoms with Crippen molar-refractivity contribution in [1.82, 2.24) is 10.2 Å². The third kappa shape index (κ3) is 9.86. The topological polar surface area (TPSA) is 41.6 Å². The second-order valence-electron chi connectivity index (χ2n) is 11.1. The van der Waals surface area contributed by atoms with E-state index in [0.29, 0.717) is 37.4 Å². The molecular formula is C36H38ClF3N2O2. The highest BCUT2D eigenvalue weighted by Crippen LogP contribution is 2.37. The summed E-state index contributed by atoms with van der Waals surface area (Å²) in [4.78, 5) is 14.3. The quantitative estimate of drug-likeness (QED) is 0.143. The molecule has 0 saturated carbocycles. The Morgan fingerprint density at radius 1 is 0.886 bits per heavy atom. The molecule has 4 aromatic rings. The molecule has 0 saturated heterocycles. The number of carbonyl (C=O) groups is 1. The summed E-state index contributed by atoms with van der Waals surface area (Å²) in [6, 6.07) is 31.8. The van der Waals surface area contributed by atoms with Crippen molar-refractivity contribution >= 4 is 17.5 Å². The van der Waals surface area contributed by atoms with Crippen LogP contribution in [0, 0.1) is 0 Å². The molecule has 0 fully saturated rings. The monoisotopic (exact) mass is 622 g/mol. The fraction of sp³-hybridized carbons (Fsp3) is 0.306. The number of carbonyl (C=O) groups excluding carboxylic acids is 1. The van der Waals surface area contributed by atoms with Crippen molar-refractivity contribution in [3.8, 4) is 5.75 Å². The van der Waals surface area contributed by atoms with Crippen LogP contribution in [-0.4, -0.2) is 36.5 Å². The van der Waals surface area contributed by atoms with Crippen LogP contribution in [0.4, 0.5) is 13.2 Å². The zero-order valence-electron chi connectivity index (χ0n) is 25.0. The van der Waals surface area contributed by atoms with Crippen molar-refractivity contribution in [2.24, 2.45) is 0 Å². The van der Waals surface area contributed by atoms with Gasteiger partial charge in [0.25, 0.3) is 0 Å². The van der Waals surface area contributed by atoms with E-state index in [4.69, 9.17) is 16.3 Å². The van der Waals surface area contributed by atoms with E-state index in [-0.39, 0.29) is 35.9 Å². The Hall–Kier alpha value is -3.81. The molecule has 0 atom stereocenters. The summed E-state index contributed by atoms with van der Waals surface area (Å²) < 4.78 is 47.0. The van der Waals surface area contributed by atoms with Crippen LogP contribution in [-0.2, 0) is 23.9 Å². The highest BCUT2D eigenvalue weighted by molar-refractivity contribution is 6.32. The van der Waals surface area contributed by atoms with Crippen LogP contribution in [0.1, 0.15) is 54.0 Å². The molecule has 0 radical (unpaired) electrons. The van der Waals surface area contributed by atoms with Gasteiger partial charge < -0.3 is 10.1 Å². The van der Waals surface area contributed by atoms with Gasteiger partial charge in [-0.2, -0.15) is 13.2 Å². The Morgan fingerprint density at radius 2 is 1.52 bits per heavy atom. The summed E-state index contributed by atoms with van der Waals surface area (Å²) in [6.07, 6.45) is -3.64. The van der Waals surface area contributed by atoms with Crippen LogP contribution < -0.4 is 10.1 Å². The highest BCUT2D eigenvalue weighted by atomic mass is 35.5. The Balaban J connectivity index is 1.50. The standard InChI is InChI=1S/C36H38ClF3N2O2/c1-26(2)41-34(43)23-27-12-9-18-31(22-27)44-21-11-20-42(24-30-17-10-19-33(35(30)37)36(38,39)40)25-32(28-13-5-3-6-14-28)29-15-7-4-8-16-29/h3-10,12-19,22,26,32H,11,20-21,23-25H2,1-2H3,(H,41,43). The van der Waals surface area contributed by atoms with Crippen LogP contribution >= 0.6 is 11.6 Å². The molecule has 0 aliphatic carbocycles. The minimum absolute atomic E-state index is 0.00319. The largest absolute Gasteiger partial charge is 0.494 e. The lowest BCUT2D eigenvalue weighted by Crippen LogP contribution is -2.31. The molecule has 0 spiro atoms. The van der Waals surface area contributed by atoms with Crippen molar-refractivity contribution < 1.29 is 22.7 Å². The molecule has 0 aromatic heterocycles. The lowest BCUT2D eigenvalue weighted by molar-refractivity contribution is -0.137. The Morgan fingerprint density at radius 3 is 2.14 bits per heavy atom. The van der Waals surface area contributed by atoms with Crippen molar-refractivity contribution in [3.05, 3.63) is 136 Å². The van der Waals surface area contributed by atoms with Crippen LogP contribution in [0.15, 0.2) is 103 Å². The summed E-state index contributed by atoms with van der Waals surface area (Å²) in [5.74, 6) is 0.614. The van der Waals surface area contributed by atoms with E-state index in [2.05, 4.69) is 34.5 Å². The van der Waals surface area contributed by atoms with Crippen molar-refractivity contribution in [3.63, 3.8) is 0 Å². The Bertz CT molecular complexity index is 1440. The van der Waals surface area contributed by atoms with Gasteiger partial charge in [-0.15, -0.1) is 0 Å². The molecule has 0 unspecified atom stereocenters. The van der Waals surface area contributed by atoms with Gasteiger partial charge in [-0.3, -0.25) is 9.69 Å². The maximum absolute atomic E-state index is 13.6. The SMILES string of the molecule is CC(C)NC(=O)Cc1cccc(OCCCN(Cc2cccc(C(F)(F)F)c2Cl)CC(c2ccccc2)c2ccccc2)c1. The van der Waals surface area contributed by atoms with E-state index in [0.717, 1.165) is 22.8 Å². The third-order valence-corrected chi connectivity index (χ3v) is 7.67. The molecular weight excluding hydrogens is 585 g/mol. The first-order valence-electron chi connectivity index (χ1n) is 14.8. The molecule has 0 bridgehead atoms. The highest BCUT2D eigenvalue weighted by Gasteiger charge is 2.34. The van der Waals surface area contributed by atoms with Crippen LogP contribution in [0.25, 0.3) is 0 Å². The Labute approximate surface area is 262 Å². The van der Waals surface area contributed by atoms with Gasteiger partial charge in [0.15, 0.2) is 0 Å². The molecule has 4 aromatic carbocycles. The molecule has 0 aliphatic rings. The average Bonchev–Trinajstić information content (AvgIpc) is 2.99. The summed E-state index contributed by atoms with van der Waals surface area (Å²) in [7, 11) is 0. The van der Waals surface area contributed by atoms with E-state index in [1.807, 2.05) is 74.5 Å². The average molecular weight is 623 g/mol. The van der Waals surface area contributed by atoms with Crippen molar-refractivity contribution in [2.45, 2.75) is 51.4 Å². The summed E-state index contributed by atoms with van der Waals surface area (Å²) >= 11 is 6.33. The molecule has 0 heterocycles. The number of benzene rings is 4. The fourth-order valence-corrected chi connectivity index (χ4v) is 5.50. The van der Waals surface area contributed by atoms with Crippen LogP contribution in [0.2, 0.25) is 5.02 Å². The first-order valence-corrected chi connectivity index (χ1v) is 15.2. The predicted molar refractivity (Wildman–Crippen MR) is 170 cm³/mol. The van der Waals surface area contributed by atoms with E-state index in [1.54, 1.807) is 6.07 Å². The molecule has 1 amide bonds. The van der Waals surface area contributed by atoms with Gasteiger partial charge in [0.05, 0.1) is 23.6 Å². The van der Waals surface area contributed by atoms with Gasteiger partial charge in [0.1, 0.15) is 5.75 Å². The van der Waals surface area contributed by atoms with Gasteiger partial charge in [-0.1, -0.05) is 96.5 Å². The first kappa shape index (κ1) is 33.1. The number of hydrogen-bond acceptors (Lipinski definition) is 3. The van der Waals surface area contributed by atoms with Crippen molar-refractivity contribution in [2.75, 3.05) is 19.7 Å². The second-order valence-corrected chi connectivity index (χ2v) is 11.5. The minimum atomic E-state index is -4.54. The third-order valence-electron chi connectivity index (χ3n) is 7.22. The van der Waals surface area contributed by atoms with Crippen LogP contribution in [0.3, 0.4) is 0 Å². The molecule has 44 heavy (non-hydrogen) atoms. The van der Waals surface area contributed by atoms with Gasteiger partial charge in [-0.05, 0) is 60.7 Å². The van der Waals surface area contributed by atoms with E-state index < -0.39 is 11.7 Å². The maximum atomic E-state index is 13.6. The first-order chi connectivity index (χ1) is 21.1. The molecule has 8 heteroatoms. The maximum Gasteiger partial charge on any atom is 0.417 e. The predicted octanol–water partition coefficient (Wildman–Crippen LogP) is 8.53. The lowest BCUT2D eigenvalue weighted by atomic mass is 9.90. The molecule has 232 valence electrons. The lowest BCUT2D eigenvalue weighted by Gasteiger charge is -2.29. The van der Waals surface area contributed by atoms with E-state index >= 15 is 0 Å². The minimum Gasteiger partial charge on any atom is -0.494 e. The number of hydrogen-bond donors (Lipinski definition) is 1. The Kier molecular flexibility index (Phi) is 11.9. The summed E-state index contributed by atoms with van der Waals surface area (Å²) in [6.45, 7) is 5.63. The number of ether oxygens (including phenoxy) is 1. The normalized spacial score (nSPS) is 11.8. The van der Waals surface area contributed by atoms with Gasteiger partial charge >= 0.3 is 6.18 Å². The zero-order valence-corrected chi connectivity index (χ0v) is 25.7. The number of halogens is 4. The fourth-order valence-electron chi connectivity index (χ4n) is 5.21. The number of alkyl halides is 3. The summed E-state index contributed by atoms with van der Waals surface area (Å²) in [5.41, 5.74) is 2.69.